The predicted molar refractivity (Wildman–Crippen MR) is 260 cm³/mol. The van der Waals surface area contributed by atoms with Crippen LogP contribution in [0.25, 0.3) is 32.2 Å². The number of thiophene rings is 1. The van der Waals surface area contributed by atoms with Gasteiger partial charge in [-0.15, -0.1) is 38.3 Å². The molecule has 0 unspecified atom stereocenters. The summed E-state index contributed by atoms with van der Waals surface area (Å²) < 4.78 is 6.82. The molecule has 0 aliphatic heterocycles. The number of allylic oxidation sites excluding steroid dienone is 1. The largest absolute Gasteiger partial charge is 0.360 e. The molecule has 3 N–H and O–H groups in total. The molecule has 10 nitrogen and oxygen atoms in total. The van der Waals surface area contributed by atoms with Crippen molar-refractivity contribution in [2.75, 3.05) is 49.9 Å². The quantitative estimate of drug-likeness (QED) is 0.0734. The van der Waals surface area contributed by atoms with Crippen LogP contribution in [0, 0.1) is 0 Å². The molecule has 1 aromatic carbocycles. The molecule has 0 saturated heterocycles. The molecule has 0 fully saturated rings. The molecule has 318 valence electrons. The van der Waals surface area contributed by atoms with Crippen LogP contribution in [0.3, 0.4) is 0 Å². The first-order chi connectivity index (χ1) is 27.6. The van der Waals surface area contributed by atoms with E-state index in [1.165, 1.54) is 49.9 Å². The molecule has 4 heterocycles. The van der Waals surface area contributed by atoms with Gasteiger partial charge >= 0.3 is 95.9 Å². The van der Waals surface area contributed by atoms with E-state index in [1.54, 1.807) is 31.5 Å². The average molecular weight is 1020 g/mol. The van der Waals surface area contributed by atoms with Crippen LogP contribution in [-0.4, -0.2) is 84.4 Å². The van der Waals surface area contributed by atoms with Crippen molar-refractivity contribution in [3.05, 3.63) is 68.7 Å². The molecule has 0 saturated carbocycles. The number of primary amides is 1. The Labute approximate surface area is 373 Å². The van der Waals surface area contributed by atoms with Crippen molar-refractivity contribution in [2.45, 2.75) is 97.8 Å². The van der Waals surface area contributed by atoms with Crippen LogP contribution >= 0.6 is 50.5 Å². The molecule has 15 heteroatoms. The number of benzene rings is 1. The van der Waals surface area contributed by atoms with Gasteiger partial charge in [-0.25, -0.2) is 4.98 Å². The Hall–Kier alpha value is -2.78. The molecule has 0 atom stereocenters. The van der Waals surface area contributed by atoms with Crippen molar-refractivity contribution < 1.29 is 4.79 Å². The topological polar surface area (TPSA) is 126 Å². The molecule has 4 aromatic heterocycles. The molecule has 0 spiro atoms. The van der Waals surface area contributed by atoms with Gasteiger partial charge in [0.15, 0.2) is 21.9 Å². The Morgan fingerprint density at radius 2 is 1.40 bits per heavy atom. The zero-order valence-electron chi connectivity index (χ0n) is 36.2. The first-order valence-electron chi connectivity index (χ1n) is 20.2. The minimum Gasteiger partial charge on any atom is -0.360 e. The van der Waals surface area contributed by atoms with E-state index < -0.39 is 24.3 Å². The van der Waals surface area contributed by atoms with Crippen LogP contribution < -0.4 is 20.9 Å². The Morgan fingerprint density at radius 1 is 0.862 bits per heavy atom. The number of nitrogens with zero attached hydrogens (tertiary/aromatic N) is 7. The minimum absolute atomic E-state index is 0.308. The third-order valence-electron chi connectivity index (χ3n) is 9.27. The van der Waals surface area contributed by atoms with E-state index in [2.05, 4.69) is 80.9 Å². The number of amides is 1. The molecule has 0 aliphatic rings. The van der Waals surface area contributed by atoms with E-state index in [1.807, 2.05) is 69.2 Å². The Balaban J connectivity index is 0.000000343. The molecule has 5 rings (SSSR count). The fraction of sp³-hybridized carbons (Fsp3) is 0.488. The van der Waals surface area contributed by atoms with Crippen LogP contribution in [0.1, 0.15) is 89.2 Å². The maximum atomic E-state index is 12.0. The van der Waals surface area contributed by atoms with Crippen LogP contribution in [0.2, 0.25) is 28.6 Å². The van der Waals surface area contributed by atoms with Gasteiger partial charge in [0, 0.05) is 55.8 Å². The van der Waals surface area contributed by atoms with Crippen molar-refractivity contribution >= 4 is 113 Å². The Morgan fingerprint density at radius 3 is 1.88 bits per heavy atom. The van der Waals surface area contributed by atoms with Crippen molar-refractivity contribution in [1.82, 2.24) is 25.4 Å². The minimum atomic E-state index is -1.56. The Bertz CT molecular complexity index is 2030. The second kappa shape index (κ2) is 26.4. The number of hydrogen-bond donors (Lipinski definition) is 2. The fourth-order valence-corrected chi connectivity index (χ4v) is 20.9. The summed E-state index contributed by atoms with van der Waals surface area (Å²) in [5.74, 6) is 1.03. The molecule has 0 bridgehead atoms. The van der Waals surface area contributed by atoms with Crippen molar-refractivity contribution in [3.63, 3.8) is 0 Å². The van der Waals surface area contributed by atoms with Crippen LogP contribution in [0.4, 0.5) is 17.3 Å². The van der Waals surface area contributed by atoms with Crippen molar-refractivity contribution in [1.29, 1.82) is 0 Å². The monoisotopic (exact) mass is 1020 g/mol. The number of nitrogens with two attached hydrogens (primary N) is 1. The van der Waals surface area contributed by atoms with Gasteiger partial charge in [-0.1, -0.05) is 36.2 Å². The Kier molecular flexibility index (Phi) is 23.4. The maximum Gasteiger partial charge on any atom is 0.165 e. The number of rotatable bonds is 16. The fourth-order valence-electron chi connectivity index (χ4n) is 6.25. The number of fused-ring (bicyclic) bond motifs is 3. The zero-order valence-corrected chi connectivity index (χ0v) is 43.0. The van der Waals surface area contributed by atoms with E-state index in [0.717, 1.165) is 61.2 Å². The number of halogens is 3. The van der Waals surface area contributed by atoms with Gasteiger partial charge in [-0.2, -0.15) is 0 Å². The first kappa shape index (κ1) is 51.4. The third-order valence-corrected chi connectivity index (χ3v) is 24.8. The number of anilines is 3. The van der Waals surface area contributed by atoms with Crippen LogP contribution in [0.15, 0.2) is 53.5 Å². The molecule has 0 aliphatic carbocycles. The number of hydrogen-bond acceptors (Lipinski definition) is 10. The summed E-state index contributed by atoms with van der Waals surface area (Å²) in [5.41, 5.74) is 8.78. The van der Waals surface area contributed by atoms with E-state index >= 15 is 0 Å². The second-order valence-electron chi connectivity index (χ2n) is 14.9. The molecular formula is C43H64BrCl2N9OSSn. The summed E-state index contributed by atoms with van der Waals surface area (Å²) in [6.45, 7) is 15.1. The standard InChI is InChI=1S/C21H21ClN6OS.C6H7BrClN3.3C4H9.C3H6.CH3.Sn/c1-4-9-24-18-17-11-5-6-14(12-10-16(22)26-27-21(12)28(2)3)25-13(11)7-8-15(17)30-19(18)20(23)29;1-11(2)6-4(7)3-5(8)9-10-6;3*1-3-4-2;1-3-2;;/h5-8,10,24H,4,9H2,1-3H3,(H2,23,29);3H,1-2H3;3*1,3-4H2,2H3;3H,1H2,2H3;1H3;. The van der Waals surface area contributed by atoms with Gasteiger partial charge in [0.05, 0.1) is 21.4 Å². The number of unbranched alkanes of at least 4 members (excludes halogenated alkanes) is 3. The zero-order chi connectivity index (χ0) is 43.4. The SMILES string of the molecule is C=CC.CCCNc1c(C(N)=O)sc2ccc3nc(-c4cc(Cl)nnc4N(C)C)ccc3c12.CCC[CH2][Sn]([CH3])([CH2]CCC)[CH2]CCC.CN(C)c1nnc(Cl)cc1Br. The average Bonchev–Trinajstić information content (AvgIpc) is 3.57. The number of nitrogens with one attached hydrogen (secondary N) is 1. The van der Waals surface area contributed by atoms with Gasteiger partial charge in [-0.05, 0) is 65.7 Å². The van der Waals surface area contributed by atoms with E-state index in [9.17, 15) is 4.79 Å². The summed E-state index contributed by atoms with van der Waals surface area (Å²) in [5, 5.41) is 21.7. The van der Waals surface area contributed by atoms with Gasteiger partial charge in [0.2, 0.25) is 0 Å². The van der Waals surface area contributed by atoms with Gasteiger partial charge in [0.1, 0.15) is 4.88 Å². The summed E-state index contributed by atoms with van der Waals surface area (Å²) >= 11 is 14.9. The van der Waals surface area contributed by atoms with Crippen LogP contribution in [-0.2, 0) is 0 Å². The summed E-state index contributed by atoms with van der Waals surface area (Å²) in [6, 6.07) is 11.4. The summed E-state index contributed by atoms with van der Waals surface area (Å²) in [4.78, 5) is 23.9. The van der Waals surface area contributed by atoms with Gasteiger partial charge < -0.3 is 20.9 Å². The number of aromatic nitrogens is 5. The van der Waals surface area contributed by atoms with Crippen molar-refractivity contribution in [3.8, 4) is 11.3 Å². The van der Waals surface area contributed by atoms with Crippen molar-refractivity contribution in [2.24, 2.45) is 5.73 Å². The number of carbonyl (C=O) groups is 1. The number of carbonyl (C=O) groups excluding carboxylic acids is 1. The maximum absolute atomic E-state index is 12.0. The number of pyridine rings is 1. The third kappa shape index (κ3) is 15.7. The smallest absolute Gasteiger partial charge is 0.165 e. The normalized spacial score (nSPS) is 10.8. The van der Waals surface area contributed by atoms with E-state index in [-0.39, 0.29) is 0 Å². The van der Waals surface area contributed by atoms with E-state index in [0.29, 0.717) is 21.0 Å². The first-order valence-corrected chi connectivity index (χ1v) is 31.4. The predicted octanol–water partition coefficient (Wildman–Crippen LogP) is 13.2. The molecular weight excluding hydrogens is 960 g/mol. The summed E-state index contributed by atoms with van der Waals surface area (Å²) in [6.07, 6.45) is 11.5. The van der Waals surface area contributed by atoms with Gasteiger partial charge in [0.25, 0.3) is 5.91 Å². The molecule has 5 aromatic rings. The van der Waals surface area contributed by atoms with E-state index in [4.69, 9.17) is 33.9 Å². The summed E-state index contributed by atoms with van der Waals surface area (Å²) in [7, 11) is 7.58. The molecule has 0 radical (unpaired) electrons. The molecule has 1 amide bonds. The molecule has 58 heavy (non-hydrogen) atoms. The van der Waals surface area contributed by atoms with Crippen LogP contribution in [0.5, 0.6) is 0 Å². The second-order valence-corrected chi connectivity index (χ2v) is 32.2. The van der Waals surface area contributed by atoms with Gasteiger partial charge in [-0.3, -0.25) is 4.79 Å².